The summed E-state index contributed by atoms with van der Waals surface area (Å²) in [6, 6.07) is 1.95. The van der Waals surface area contributed by atoms with Gasteiger partial charge >= 0.3 is 0 Å². The van der Waals surface area contributed by atoms with Crippen molar-refractivity contribution in [3.63, 3.8) is 0 Å². The molecule has 2 fully saturated rings. The molecule has 98 valence electrons. The molecule has 4 nitrogen and oxygen atoms in total. The Morgan fingerprint density at radius 2 is 2.11 bits per heavy atom. The van der Waals surface area contributed by atoms with E-state index in [1.807, 2.05) is 13.0 Å². The maximum absolute atomic E-state index is 9.65. The molecule has 2 aliphatic carbocycles. The van der Waals surface area contributed by atoms with E-state index < -0.39 is 0 Å². The molecule has 1 aromatic rings. The Hall–Kier alpha value is -1.16. The van der Waals surface area contributed by atoms with Crippen LogP contribution in [0.15, 0.2) is 12.4 Å². The minimum atomic E-state index is 0.0826. The number of hydrogen-bond donors (Lipinski definition) is 2. The smallest absolute Gasteiger partial charge is 0.129 e. The fraction of sp³-hybridized carbons (Fsp3) is 0.714. The van der Waals surface area contributed by atoms with Gasteiger partial charge in [-0.05, 0) is 38.0 Å². The highest BCUT2D eigenvalue weighted by atomic mass is 16.3. The number of nitrogens with zero attached hydrogens (tertiary/aromatic N) is 2. The lowest BCUT2D eigenvalue weighted by Gasteiger charge is -2.60. The van der Waals surface area contributed by atoms with E-state index in [1.165, 1.54) is 32.1 Å². The van der Waals surface area contributed by atoms with Gasteiger partial charge in [0.05, 0.1) is 6.61 Å². The Labute approximate surface area is 108 Å². The van der Waals surface area contributed by atoms with Crippen molar-refractivity contribution in [3.05, 3.63) is 18.1 Å². The molecule has 2 N–H and O–H groups in total. The van der Waals surface area contributed by atoms with Gasteiger partial charge in [-0.1, -0.05) is 6.42 Å². The van der Waals surface area contributed by atoms with E-state index in [0.29, 0.717) is 5.41 Å². The Balaban J connectivity index is 1.59. The molecule has 0 atom stereocenters. The van der Waals surface area contributed by atoms with E-state index in [9.17, 15) is 5.11 Å². The summed E-state index contributed by atoms with van der Waals surface area (Å²) in [5.74, 6) is 0.866. The maximum Gasteiger partial charge on any atom is 0.129 e. The topological polar surface area (TPSA) is 58.0 Å². The van der Waals surface area contributed by atoms with E-state index in [-0.39, 0.29) is 12.0 Å². The molecule has 0 saturated heterocycles. The van der Waals surface area contributed by atoms with Crippen LogP contribution in [0.5, 0.6) is 0 Å². The number of nitrogens with one attached hydrogen (secondary N) is 1. The van der Waals surface area contributed by atoms with Crippen LogP contribution in [0.1, 0.15) is 37.8 Å². The molecule has 0 bridgehead atoms. The zero-order chi connectivity index (χ0) is 12.6. The second kappa shape index (κ2) is 4.19. The van der Waals surface area contributed by atoms with Crippen molar-refractivity contribution in [1.29, 1.82) is 0 Å². The van der Waals surface area contributed by atoms with Gasteiger partial charge in [0, 0.05) is 23.7 Å². The second-order valence-corrected chi connectivity index (χ2v) is 6.26. The molecule has 1 spiro atoms. The van der Waals surface area contributed by atoms with Crippen LogP contribution < -0.4 is 5.32 Å². The lowest BCUT2D eigenvalue weighted by atomic mass is 9.45. The lowest BCUT2D eigenvalue weighted by molar-refractivity contribution is -0.113. The van der Waals surface area contributed by atoms with Crippen molar-refractivity contribution in [3.8, 4) is 0 Å². The number of aliphatic hydroxyl groups excluding tert-OH is 1. The number of hydrogen-bond acceptors (Lipinski definition) is 4. The van der Waals surface area contributed by atoms with Gasteiger partial charge in [0.2, 0.25) is 0 Å². The molecular formula is C14H21N3O. The van der Waals surface area contributed by atoms with Gasteiger partial charge < -0.3 is 10.4 Å². The predicted octanol–water partition coefficient (Wildman–Crippen LogP) is 2.14. The number of aliphatic hydroxyl groups is 1. The van der Waals surface area contributed by atoms with Crippen LogP contribution in [-0.2, 0) is 0 Å². The number of anilines is 1. The molecule has 1 aromatic heterocycles. The van der Waals surface area contributed by atoms with E-state index in [4.69, 9.17) is 0 Å². The summed E-state index contributed by atoms with van der Waals surface area (Å²) in [6.45, 7) is 3.06. The van der Waals surface area contributed by atoms with Gasteiger partial charge in [0.1, 0.15) is 12.1 Å². The molecule has 2 saturated carbocycles. The third-order valence-electron chi connectivity index (χ3n) is 4.70. The summed E-state index contributed by atoms with van der Waals surface area (Å²) in [6.07, 6.45) is 8.03. The van der Waals surface area contributed by atoms with Crippen LogP contribution in [0, 0.1) is 17.8 Å². The molecule has 0 aromatic carbocycles. The Bertz CT molecular complexity index is 434. The SMILES string of the molecule is Cc1cc(NCC2(CO)CC3(CCC3)C2)ncn1. The number of rotatable bonds is 4. The van der Waals surface area contributed by atoms with Gasteiger partial charge in [-0.2, -0.15) is 0 Å². The molecule has 2 aliphatic rings. The minimum absolute atomic E-state index is 0.0826. The second-order valence-electron chi connectivity index (χ2n) is 6.26. The number of aromatic nitrogens is 2. The van der Waals surface area contributed by atoms with Crippen molar-refractivity contribution < 1.29 is 5.11 Å². The van der Waals surface area contributed by atoms with Crippen LogP contribution in [0.4, 0.5) is 5.82 Å². The summed E-state index contributed by atoms with van der Waals surface area (Å²) in [5, 5.41) is 13.0. The standard InChI is InChI=1S/C14H21N3O/c1-11-5-12(17-10-16-11)15-8-14(9-18)6-13(7-14)3-2-4-13/h5,10,18H,2-4,6-9H2,1H3,(H,15,16,17). The van der Waals surface area contributed by atoms with Crippen molar-refractivity contribution in [2.45, 2.75) is 39.0 Å². The highest BCUT2D eigenvalue weighted by molar-refractivity contribution is 5.35. The Morgan fingerprint density at radius 1 is 1.33 bits per heavy atom. The molecule has 4 heteroatoms. The quantitative estimate of drug-likeness (QED) is 0.856. The van der Waals surface area contributed by atoms with Crippen molar-refractivity contribution in [1.82, 2.24) is 9.97 Å². The summed E-state index contributed by atoms with van der Waals surface area (Å²) in [4.78, 5) is 8.29. The highest BCUT2D eigenvalue weighted by Crippen LogP contribution is 2.64. The monoisotopic (exact) mass is 247 g/mol. The first-order valence-corrected chi connectivity index (χ1v) is 6.79. The molecule has 1 heterocycles. The first-order chi connectivity index (χ1) is 8.65. The zero-order valence-electron chi connectivity index (χ0n) is 10.9. The Kier molecular flexibility index (Phi) is 2.77. The average molecular weight is 247 g/mol. The molecule has 0 aliphatic heterocycles. The molecule has 3 rings (SSSR count). The zero-order valence-corrected chi connectivity index (χ0v) is 10.9. The normalized spacial score (nSPS) is 23.2. The van der Waals surface area contributed by atoms with Crippen LogP contribution in [0.3, 0.4) is 0 Å². The first kappa shape index (κ1) is 11.9. The maximum atomic E-state index is 9.65. The van der Waals surface area contributed by atoms with E-state index >= 15 is 0 Å². The van der Waals surface area contributed by atoms with E-state index in [1.54, 1.807) is 6.33 Å². The summed E-state index contributed by atoms with van der Waals surface area (Å²) >= 11 is 0. The van der Waals surface area contributed by atoms with Gasteiger partial charge in [0.15, 0.2) is 0 Å². The van der Waals surface area contributed by atoms with Crippen LogP contribution >= 0.6 is 0 Å². The van der Waals surface area contributed by atoms with Gasteiger partial charge in [-0.3, -0.25) is 0 Å². The van der Waals surface area contributed by atoms with Gasteiger partial charge in [-0.15, -0.1) is 0 Å². The fourth-order valence-electron chi connectivity index (χ4n) is 3.69. The predicted molar refractivity (Wildman–Crippen MR) is 70.3 cm³/mol. The number of aryl methyl sites for hydroxylation is 1. The highest BCUT2D eigenvalue weighted by Gasteiger charge is 2.56. The third kappa shape index (κ3) is 1.99. The van der Waals surface area contributed by atoms with Crippen LogP contribution in [0.25, 0.3) is 0 Å². The van der Waals surface area contributed by atoms with Crippen molar-refractivity contribution in [2.75, 3.05) is 18.5 Å². The summed E-state index contributed by atoms with van der Waals surface area (Å²) in [5.41, 5.74) is 1.64. The van der Waals surface area contributed by atoms with E-state index in [2.05, 4.69) is 15.3 Å². The van der Waals surface area contributed by atoms with Gasteiger partial charge in [0.25, 0.3) is 0 Å². The molecule has 0 amide bonds. The molecular weight excluding hydrogens is 226 g/mol. The van der Waals surface area contributed by atoms with Crippen molar-refractivity contribution >= 4 is 5.82 Å². The van der Waals surface area contributed by atoms with Crippen LogP contribution in [0.2, 0.25) is 0 Å². The average Bonchev–Trinajstić information content (AvgIpc) is 2.26. The van der Waals surface area contributed by atoms with E-state index in [0.717, 1.165) is 18.1 Å². The molecule has 0 radical (unpaired) electrons. The summed E-state index contributed by atoms with van der Waals surface area (Å²) in [7, 11) is 0. The Morgan fingerprint density at radius 3 is 2.67 bits per heavy atom. The minimum Gasteiger partial charge on any atom is -0.396 e. The lowest BCUT2D eigenvalue weighted by Crippen LogP contribution is -2.55. The van der Waals surface area contributed by atoms with Gasteiger partial charge in [-0.25, -0.2) is 9.97 Å². The molecule has 18 heavy (non-hydrogen) atoms. The van der Waals surface area contributed by atoms with Crippen molar-refractivity contribution in [2.24, 2.45) is 10.8 Å². The third-order valence-corrected chi connectivity index (χ3v) is 4.70. The first-order valence-electron chi connectivity index (χ1n) is 6.79. The fourth-order valence-corrected chi connectivity index (χ4v) is 3.69. The summed E-state index contributed by atoms with van der Waals surface area (Å²) < 4.78 is 0. The molecule has 0 unspecified atom stereocenters. The largest absolute Gasteiger partial charge is 0.396 e. The van der Waals surface area contributed by atoms with Crippen LogP contribution in [-0.4, -0.2) is 28.2 Å².